The van der Waals surface area contributed by atoms with Gasteiger partial charge < -0.3 is 14.4 Å². The minimum absolute atomic E-state index is 0.957. The van der Waals surface area contributed by atoms with Crippen molar-refractivity contribution in [2.24, 2.45) is 0 Å². The second kappa shape index (κ2) is 9.35. The van der Waals surface area contributed by atoms with Crippen LogP contribution in [-0.4, -0.2) is 40.7 Å². The smallest absolute Gasteiger partial charge is 0.150 e. The molecule has 5 nitrogen and oxygen atoms in total. The van der Waals surface area contributed by atoms with Gasteiger partial charge in [-0.15, -0.1) is 0 Å². The van der Waals surface area contributed by atoms with E-state index < -0.39 is 0 Å². The van der Waals surface area contributed by atoms with E-state index in [9.17, 15) is 0 Å². The molecule has 0 bridgehead atoms. The summed E-state index contributed by atoms with van der Waals surface area (Å²) in [6.45, 7) is 7.37. The third-order valence-electron chi connectivity index (χ3n) is 6.99. The van der Waals surface area contributed by atoms with Gasteiger partial charge in [0.25, 0.3) is 0 Å². The van der Waals surface area contributed by atoms with Crippen molar-refractivity contribution in [3.8, 4) is 16.8 Å². The van der Waals surface area contributed by atoms with E-state index in [2.05, 4.69) is 108 Å². The molecule has 0 atom stereocenters. The van der Waals surface area contributed by atoms with Crippen molar-refractivity contribution in [2.75, 3.05) is 31.1 Å². The molecule has 0 aliphatic carbocycles. The Morgan fingerprint density at radius 2 is 1.57 bits per heavy atom. The molecular formula is C30H30N5+. The fraction of sp³-hybridized carbons (Fsp3) is 0.200. The van der Waals surface area contributed by atoms with Crippen molar-refractivity contribution < 1.29 is 4.90 Å². The van der Waals surface area contributed by atoms with Gasteiger partial charge in [-0.25, -0.2) is 9.97 Å². The quantitative estimate of drug-likeness (QED) is 0.425. The molecule has 0 radical (unpaired) electrons. The average Bonchev–Trinajstić information content (AvgIpc) is 3.30. The van der Waals surface area contributed by atoms with Crippen molar-refractivity contribution >= 4 is 16.9 Å². The normalized spacial score (nSPS) is 14.5. The van der Waals surface area contributed by atoms with Crippen molar-refractivity contribution in [1.82, 2.24) is 14.5 Å². The Hall–Kier alpha value is -3.96. The first-order valence-corrected chi connectivity index (χ1v) is 12.4. The lowest BCUT2D eigenvalue weighted by atomic mass is 10.1. The summed E-state index contributed by atoms with van der Waals surface area (Å²) in [5, 5.41) is 1.13. The molecule has 5 heteroatoms. The van der Waals surface area contributed by atoms with Crippen molar-refractivity contribution in [3.05, 3.63) is 109 Å². The monoisotopic (exact) mass is 460 g/mol. The van der Waals surface area contributed by atoms with Gasteiger partial charge in [0.15, 0.2) is 5.65 Å². The highest BCUT2D eigenvalue weighted by molar-refractivity contribution is 6.02. The largest absolute Gasteiger partial charge is 0.345 e. The number of hydrogen-bond donors (Lipinski definition) is 1. The first-order valence-electron chi connectivity index (χ1n) is 12.4. The highest BCUT2D eigenvalue weighted by Crippen LogP contribution is 2.36. The topological polar surface area (TPSA) is 38.4 Å². The van der Waals surface area contributed by atoms with Crippen LogP contribution in [0.3, 0.4) is 0 Å². The van der Waals surface area contributed by atoms with Crippen LogP contribution in [0.15, 0.2) is 97.5 Å². The fourth-order valence-electron chi connectivity index (χ4n) is 5.19. The SMILES string of the molecule is Cc1cccc(-n2cc(-c3ccccc3)c3c(N4CC[NH+](Cc5ccccc5)CC4)ncnc32)c1. The third kappa shape index (κ3) is 4.31. The van der Waals surface area contributed by atoms with Gasteiger partial charge in [-0.2, -0.15) is 0 Å². The molecule has 5 aromatic rings. The molecule has 1 fully saturated rings. The maximum absolute atomic E-state index is 4.84. The molecule has 0 amide bonds. The van der Waals surface area contributed by atoms with Crippen LogP contribution in [0.1, 0.15) is 11.1 Å². The summed E-state index contributed by atoms with van der Waals surface area (Å²) in [5.41, 5.74) is 7.09. The van der Waals surface area contributed by atoms with Gasteiger partial charge in [-0.3, -0.25) is 0 Å². The molecule has 6 rings (SSSR count). The van der Waals surface area contributed by atoms with Gasteiger partial charge in [-0.1, -0.05) is 72.8 Å². The number of aryl methyl sites for hydroxylation is 1. The molecule has 0 unspecified atom stereocenters. The number of anilines is 1. The molecule has 1 saturated heterocycles. The Morgan fingerprint density at radius 1 is 0.829 bits per heavy atom. The number of hydrogen-bond acceptors (Lipinski definition) is 3. The highest BCUT2D eigenvalue weighted by Gasteiger charge is 2.25. The van der Waals surface area contributed by atoms with Crippen LogP contribution in [0, 0.1) is 6.92 Å². The van der Waals surface area contributed by atoms with Crippen molar-refractivity contribution in [3.63, 3.8) is 0 Å². The van der Waals surface area contributed by atoms with Gasteiger partial charge in [0.05, 0.1) is 31.6 Å². The molecule has 0 spiro atoms. The zero-order valence-corrected chi connectivity index (χ0v) is 20.1. The minimum Gasteiger partial charge on any atom is -0.345 e. The van der Waals surface area contributed by atoms with E-state index in [-0.39, 0.29) is 0 Å². The third-order valence-corrected chi connectivity index (χ3v) is 6.99. The minimum atomic E-state index is 0.957. The average molecular weight is 461 g/mol. The predicted octanol–water partition coefficient (Wildman–Crippen LogP) is 4.30. The van der Waals surface area contributed by atoms with Crippen LogP contribution in [0.4, 0.5) is 5.82 Å². The first-order chi connectivity index (χ1) is 17.3. The van der Waals surface area contributed by atoms with Gasteiger partial charge >= 0.3 is 0 Å². The standard InChI is InChI=1S/C30H29N5/c1-23-9-8-14-26(19-23)35-21-27(25-12-6-3-7-13-25)28-29(31-22-32-30(28)35)34-17-15-33(16-18-34)20-24-10-4-2-5-11-24/h2-14,19,21-22H,15-18,20H2,1H3/p+1. The van der Waals surface area contributed by atoms with E-state index in [0.717, 1.165) is 55.3 Å². The van der Waals surface area contributed by atoms with E-state index in [1.807, 2.05) is 0 Å². The summed E-state index contributed by atoms with van der Waals surface area (Å²) < 4.78 is 2.22. The number of rotatable bonds is 5. The second-order valence-corrected chi connectivity index (χ2v) is 9.41. The Bertz CT molecular complexity index is 1430. The number of nitrogens with one attached hydrogen (secondary N) is 1. The van der Waals surface area contributed by atoms with Crippen LogP contribution in [0.25, 0.3) is 27.8 Å². The highest BCUT2D eigenvalue weighted by atomic mass is 15.3. The van der Waals surface area contributed by atoms with Gasteiger partial charge in [0, 0.05) is 23.0 Å². The molecule has 1 N–H and O–H groups in total. The summed E-state index contributed by atoms with van der Waals surface area (Å²) >= 11 is 0. The van der Waals surface area contributed by atoms with Crippen molar-refractivity contribution in [2.45, 2.75) is 13.5 Å². The fourth-order valence-corrected chi connectivity index (χ4v) is 5.19. The van der Waals surface area contributed by atoms with E-state index in [1.54, 1.807) is 11.2 Å². The van der Waals surface area contributed by atoms with Gasteiger partial charge in [0.2, 0.25) is 0 Å². The maximum atomic E-state index is 4.84. The van der Waals surface area contributed by atoms with Crippen LogP contribution < -0.4 is 9.80 Å². The number of fused-ring (bicyclic) bond motifs is 1. The molecule has 0 saturated carbocycles. The molecule has 35 heavy (non-hydrogen) atoms. The molecule has 3 aromatic carbocycles. The summed E-state index contributed by atoms with van der Waals surface area (Å²) in [6, 6.07) is 30.0. The molecule has 1 aliphatic heterocycles. The lowest BCUT2D eigenvalue weighted by Crippen LogP contribution is -3.13. The number of aromatic nitrogens is 3. The Morgan fingerprint density at radius 3 is 2.31 bits per heavy atom. The second-order valence-electron chi connectivity index (χ2n) is 9.41. The summed E-state index contributed by atoms with van der Waals surface area (Å²) in [7, 11) is 0. The van der Waals surface area contributed by atoms with E-state index in [4.69, 9.17) is 9.97 Å². The van der Waals surface area contributed by atoms with Crippen LogP contribution in [0.5, 0.6) is 0 Å². The van der Waals surface area contributed by atoms with E-state index in [1.165, 1.54) is 22.3 Å². The number of quaternary nitrogens is 1. The number of piperazine rings is 1. The van der Waals surface area contributed by atoms with Crippen LogP contribution in [0.2, 0.25) is 0 Å². The number of benzene rings is 3. The zero-order chi connectivity index (χ0) is 23.6. The lowest BCUT2D eigenvalue weighted by Gasteiger charge is -2.33. The summed E-state index contributed by atoms with van der Waals surface area (Å²) in [5.74, 6) is 1.04. The molecular weight excluding hydrogens is 430 g/mol. The van der Waals surface area contributed by atoms with Crippen LogP contribution >= 0.6 is 0 Å². The van der Waals surface area contributed by atoms with Crippen molar-refractivity contribution in [1.29, 1.82) is 0 Å². The molecule has 174 valence electrons. The Kier molecular flexibility index (Phi) is 5.76. The molecule has 1 aliphatic rings. The van der Waals surface area contributed by atoms with Crippen LogP contribution in [-0.2, 0) is 6.54 Å². The lowest BCUT2D eigenvalue weighted by molar-refractivity contribution is -0.914. The van der Waals surface area contributed by atoms with Gasteiger partial charge in [-0.05, 0) is 30.2 Å². The first kappa shape index (κ1) is 21.6. The zero-order valence-electron chi connectivity index (χ0n) is 20.1. The number of nitrogens with zero attached hydrogens (tertiary/aromatic N) is 4. The predicted molar refractivity (Wildman–Crippen MR) is 142 cm³/mol. The molecule has 3 heterocycles. The Labute approximate surface area is 206 Å². The summed E-state index contributed by atoms with van der Waals surface area (Å²) in [4.78, 5) is 13.7. The van der Waals surface area contributed by atoms with Gasteiger partial charge in [0.1, 0.15) is 18.7 Å². The maximum Gasteiger partial charge on any atom is 0.150 e. The van der Waals surface area contributed by atoms with E-state index >= 15 is 0 Å². The summed E-state index contributed by atoms with van der Waals surface area (Å²) in [6.07, 6.45) is 3.95. The Balaban J connectivity index is 1.38. The molecule has 2 aromatic heterocycles. The van der Waals surface area contributed by atoms with E-state index in [0.29, 0.717) is 0 Å².